The van der Waals surface area contributed by atoms with Gasteiger partial charge in [-0.25, -0.2) is 0 Å². The maximum absolute atomic E-state index is 6.38. The lowest BCUT2D eigenvalue weighted by molar-refractivity contribution is -0.0653. The first-order valence-corrected chi connectivity index (χ1v) is 8.64. The maximum Gasteiger partial charge on any atom is 0.0640 e. The quantitative estimate of drug-likeness (QED) is 0.761. The number of halogens is 1. The van der Waals surface area contributed by atoms with Gasteiger partial charge >= 0.3 is 0 Å². The molecule has 4 fully saturated rings. The van der Waals surface area contributed by atoms with E-state index in [-0.39, 0.29) is 0 Å². The van der Waals surface area contributed by atoms with Gasteiger partial charge in [0.15, 0.2) is 0 Å². The predicted molar refractivity (Wildman–Crippen MR) is 83.3 cm³/mol. The number of benzene rings is 1. The van der Waals surface area contributed by atoms with Crippen molar-refractivity contribution >= 4 is 17.3 Å². The van der Waals surface area contributed by atoms with Gasteiger partial charge in [-0.15, -0.1) is 0 Å². The first kappa shape index (κ1) is 11.9. The van der Waals surface area contributed by atoms with Crippen molar-refractivity contribution in [2.75, 3.05) is 11.9 Å². The summed E-state index contributed by atoms with van der Waals surface area (Å²) in [5.41, 5.74) is 3.34. The Balaban J connectivity index is 1.57. The third-order valence-electron chi connectivity index (χ3n) is 6.73. The first-order chi connectivity index (χ1) is 9.73. The standard InChI is InChI=1S/C18H22ClN/c19-16-3-1-2-14-15(10-20-17(14)16)18-7-11-4-12(8-18)6-13(5-11)9-18/h1-3,11-13,15,20H,4-10H2. The summed E-state index contributed by atoms with van der Waals surface area (Å²) < 4.78 is 0. The number of fused-ring (bicyclic) bond motifs is 1. The predicted octanol–water partition coefficient (Wildman–Crippen LogP) is 5.07. The molecule has 4 aliphatic carbocycles. The molecule has 1 atom stereocenters. The van der Waals surface area contributed by atoms with Crippen LogP contribution < -0.4 is 5.32 Å². The molecule has 1 unspecified atom stereocenters. The highest BCUT2D eigenvalue weighted by atomic mass is 35.5. The van der Waals surface area contributed by atoms with Crippen LogP contribution in [0.1, 0.15) is 50.0 Å². The van der Waals surface area contributed by atoms with Crippen molar-refractivity contribution in [3.05, 3.63) is 28.8 Å². The van der Waals surface area contributed by atoms with E-state index < -0.39 is 0 Å². The Morgan fingerprint density at radius 3 is 2.30 bits per heavy atom. The highest BCUT2D eigenvalue weighted by molar-refractivity contribution is 6.33. The minimum absolute atomic E-state index is 0.595. The van der Waals surface area contributed by atoms with E-state index in [1.54, 1.807) is 0 Å². The van der Waals surface area contributed by atoms with E-state index in [0.717, 1.165) is 29.3 Å². The third-order valence-corrected chi connectivity index (χ3v) is 7.04. The second-order valence-electron chi connectivity index (χ2n) is 7.92. The molecule has 6 rings (SSSR count). The summed E-state index contributed by atoms with van der Waals surface area (Å²) in [5.74, 6) is 3.81. The van der Waals surface area contributed by atoms with Gasteiger partial charge in [0.25, 0.3) is 0 Å². The Kier molecular flexibility index (Phi) is 2.35. The van der Waals surface area contributed by atoms with Gasteiger partial charge < -0.3 is 5.32 Å². The zero-order chi connectivity index (χ0) is 13.3. The van der Waals surface area contributed by atoms with Gasteiger partial charge in [-0.3, -0.25) is 0 Å². The lowest BCUT2D eigenvalue weighted by atomic mass is 9.46. The number of rotatable bonds is 1. The molecule has 5 aliphatic rings. The van der Waals surface area contributed by atoms with Crippen molar-refractivity contribution in [2.45, 2.75) is 44.4 Å². The molecule has 1 aromatic rings. The summed E-state index contributed by atoms with van der Waals surface area (Å²) in [6.45, 7) is 1.12. The topological polar surface area (TPSA) is 12.0 Å². The average Bonchev–Trinajstić information content (AvgIpc) is 2.83. The monoisotopic (exact) mass is 287 g/mol. The van der Waals surface area contributed by atoms with Crippen LogP contribution in [0.2, 0.25) is 5.02 Å². The van der Waals surface area contributed by atoms with Crippen molar-refractivity contribution in [1.29, 1.82) is 0 Å². The second kappa shape index (κ2) is 3.94. The molecule has 0 amide bonds. The average molecular weight is 288 g/mol. The van der Waals surface area contributed by atoms with Crippen LogP contribution in [-0.4, -0.2) is 6.54 Å². The highest BCUT2D eigenvalue weighted by Gasteiger charge is 2.55. The van der Waals surface area contributed by atoms with Gasteiger partial charge in [0.05, 0.1) is 10.7 Å². The summed E-state index contributed by atoms with van der Waals surface area (Å²) >= 11 is 6.38. The van der Waals surface area contributed by atoms with Gasteiger partial charge in [-0.05, 0) is 73.3 Å². The molecule has 4 saturated carbocycles. The van der Waals surface area contributed by atoms with Gasteiger partial charge in [-0.1, -0.05) is 23.7 Å². The Labute approximate surface area is 126 Å². The van der Waals surface area contributed by atoms with Crippen LogP contribution >= 0.6 is 11.6 Å². The van der Waals surface area contributed by atoms with Gasteiger partial charge in [0.1, 0.15) is 0 Å². The molecule has 1 nitrogen and oxygen atoms in total. The normalized spacial score (nSPS) is 44.5. The van der Waals surface area contributed by atoms with Crippen molar-refractivity contribution < 1.29 is 0 Å². The number of hydrogen-bond acceptors (Lipinski definition) is 1. The van der Waals surface area contributed by atoms with Crippen molar-refractivity contribution in [3.8, 4) is 0 Å². The molecular formula is C18H22ClN. The fourth-order valence-corrected chi connectivity index (χ4v) is 6.73. The molecule has 4 bridgehead atoms. The summed E-state index contributed by atoms with van der Waals surface area (Å²) in [7, 11) is 0. The Bertz CT molecular complexity index is 529. The smallest absolute Gasteiger partial charge is 0.0640 e. The number of para-hydroxylation sites is 1. The molecule has 0 saturated heterocycles. The highest BCUT2D eigenvalue weighted by Crippen LogP contribution is 2.65. The van der Waals surface area contributed by atoms with Gasteiger partial charge in [0, 0.05) is 12.5 Å². The van der Waals surface area contributed by atoms with Gasteiger partial charge in [0.2, 0.25) is 0 Å². The van der Waals surface area contributed by atoms with Crippen LogP contribution in [0, 0.1) is 23.2 Å². The molecule has 0 aromatic heterocycles. The molecule has 1 aliphatic heterocycles. The van der Waals surface area contributed by atoms with E-state index in [0.29, 0.717) is 11.3 Å². The zero-order valence-corrected chi connectivity index (χ0v) is 12.6. The van der Waals surface area contributed by atoms with Crippen LogP contribution in [-0.2, 0) is 0 Å². The summed E-state index contributed by atoms with van der Waals surface area (Å²) in [6.07, 6.45) is 9.04. The molecule has 0 radical (unpaired) electrons. The zero-order valence-electron chi connectivity index (χ0n) is 11.9. The van der Waals surface area contributed by atoms with Crippen molar-refractivity contribution in [2.24, 2.45) is 23.2 Å². The second-order valence-corrected chi connectivity index (χ2v) is 8.32. The number of hydrogen-bond donors (Lipinski definition) is 1. The number of anilines is 1. The molecule has 106 valence electrons. The van der Waals surface area contributed by atoms with Gasteiger partial charge in [-0.2, -0.15) is 0 Å². The van der Waals surface area contributed by atoms with E-state index >= 15 is 0 Å². The van der Waals surface area contributed by atoms with Crippen LogP contribution in [0.4, 0.5) is 5.69 Å². The molecule has 0 spiro atoms. The minimum atomic E-state index is 0.595. The third kappa shape index (κ3) is 1.51. The van der Waals surface area contributed by atoms with Crippen LogP contribution in [0.5, 0.6) is 0 Å². The fourth-order valence-electron chi connectivity index (χ4n) is 6.48. The Morgan fingerprint density at radius 1 is 1.00 bits per heavy atom. The first-order valence-electron chi connectivity index (χ1n) is 8.26. The maximum atomic E-state index is 6.38. The van der Waals surface area contributed by atoms with E-state index in [2.05, 4.69) is 17.4 Å². The molecule has 1 heterocycles. The van der Waals surface area contributed by atoms with E-state index in [9.17, 15) is 0 Å². The van der Waals surface area contributed by atoms with Crippen LogP contribution in [0.3, 0.4) is 0 Å². The Hall–Kier alpha value is -0.690. The summed E-state index contributed by atoms with van der Waals surface area (Å²) in [6, 6.07) is 6.49. The molecule has 20 heavy (non-hydrogen) atoms. The Morgan fingerprint density at radius 2 is 1.65 bits per heavy atom. The largest absolute Gasteiger partial charge is 0.383 e. The van der Waals surface area contributed by atoms with Crippen LogP contribution in [0.25, 0.3) is 0 Å². The van der Waals surface area contributed by atoms with E-state index in [4.69, 9.17) is 11.6 Å². The number of nitrogens with one attached hydrogen (secondary N) is 1. The van der Waals surface area contributed by atoms with E-state index in [1.165, 1.54) is 49.8 Å². The summed E-state index contributed by atoms with van der Waals surface area (Å²) in [4.78, 5) is 0. The van der Waals surface area contributed by atoms with Crippen molar-refractivity contribution in [1.82, 2.24) is 0 Å². The molecule has 2 heteroatoms. The van der Waals surface area contributed by atoms with Crippen LogP contribution in [0.15, 0.2) is 18.2 Å². The lowest BCUT2D eigenvalue weighted by Crippen LogP contribution is -2.49. The molecule has 1 N–H and O–H groups in total. The SMILES string of the molecule is Clc1cccc2c1NCC2C12CC3CC(CC(C3)C1)C2. The lowest BCUT2D eigenvalue weighted by Gasteiger charge is -2.59. The molecular weight excluding hydrogens is 266 g/mol. The van der Waals surface area contributed by atoms with E-state index in [1.807, 2.05) is 6.07 Å². The fraction of sp³-hybridized carbons (Fsp3) is 0.667. The summed E-state index contributed by atoms with van der Waals surface area (Å²) in [5, 5.41) is 4.52. The van der Waals surface area contributed by atoms with Crippen molar-refractivity contribution in [3.63, 3.8) is 0 Å². The minimum Gasteiger partial charge on any atom is -0.383 e. The molecule has 1 aromatic carbocycles.